The summed E-state index contributed by atoms with van der Waals surface area (Å²) < 4.78 is 9.54. The second kappa shape index (κ2) is 7.19. The SMILES string of the molecule is CCOCC[C@](O)(CC(=O)OCC)C(=O)O. The highest BCUT2D eigenvalue weighted by Gasteiger charge is 2.38. The van der Waals surface area contributed by atoms with E-state index in [0.717, 1.165) is 0 Å². The topological polar surface area (TPSA) is 93.1 Å². The van der Waals surface area contributed by atoms with Crippen LogP contribution in [0.15, 0.2) is 0 Å². The first kappa shape index (κ1) is 14.9. The van der Waals surface area contributed by atoms with Crippen LogP contribution in [0.25, 0.3) is 0 Å². The predicted molar refractivity (Wildman–Crippen MR) is 54.9 cm³/mol. The van der Waals surface area contributed by atoms with E-state index in [2.05, 4.69) is 4.74 Å². The fourth-order valence-electron chi connectivity index (χ4n) is 1.11. The lowest BCUT2D eigenvalue weighted by molar-refractivity contribution is -0.169. The molecule has 0 aromatic heterocycles. The van der Waals surface area contributed by atoms with Gasteiger partial charge in [-0.05, 0) is 13.8 Å². The number of aliphatic hydroxyl groups is 1. The predicted octanol–water partition coefficient (Wildman–Crippen LogP) is 0.182. The first-order chi connectivity index (χ1) is 7.46. The van der Waals surface area contributed by atoms with Gasteiger partial charge in [-0.25, -0.2) is 4.79 Å². The van der Waals surface area contributed by atoms with Crippen molar-refractivity contribution in [2.24, 2.45) is 0 Å². The van der Waals surface area contributed by atoms with Gasteiger partial charge in [0.15, 0.2) is 5.60 Å². The Labute approximate surface area is 94.2 Å². The molecule has 0 aliphatic rings. The van der Waals surface area contributed by atoms with Gasteiger partial charge in [-0.3, -0.25) is 4.79 Å². The monoisotopic (exact) mass is 234 g/mol. The zero-order valence-corrected chi connectivity index (χ0v) is 9.56. The minimum absolute atomic E-state index is 0.0820. The van der Waals surface area contributed by atoms with Crippen molar-refractivity contribution in [2.75, 3.05) is 19.8 Å². The third-order valence-electron chi connectivity index (χ3n) is 2.00. The van der Waals surface area contributed by atoms with Crippen LogP contribution in [-0.2, 0) is 19.1 Å². The summed E-state index contributed by atoms with van der Waals surface area (Å²) >= 11 is 0. The van der Waals surface area contributed by atoms with E-state index in [9.17, 15) is 14.7 Å². The van der Waals surface area contributed by atoms with Gasteiger partial charge in [0.2, 0.25) is 0 Å². The van der Waals surface area contributed by atoms with Gasteiger partial charge in [0.25, 0.3) is 0 Å². The summed E-state index contributed by atoms with van der Waals surface area (Å²) in [5.41, 5.74) is -2.11. The quantitative estimate of drug-likeness (QED) is 0.459. The highest BCUT2D eigenvalue weighted by Crippen LogP contribution is 2.17. The van der Waals surface area contributed by atoms with Gasteiger partial charge >= 0.3 is 11.9 Å². The van der Waals surface area contributed by atoms with Gasteiger partial charge in [0, 0.05) is 19.6 Å². The van der Waals surface area contributed by atoms with Crippen LogP contribution in [-0.4, -0.2) is 47.6 Å². The summed E-state index contributed by atoms with van der Waals surface area (Å²) in [6.45, 7) is 4.02. The molecule has 16 heavy (non-hydrogen) atoms. The van der Waals surface area contributed by atoms with E-state index >= 15 is 0 Å². The van der Waals surface area contributed by atoms with Crippen LogP contribution in [0, 0.1) is 0 Å². The van der Waals surface area contributed by atoms with Crippen molar-refractivity contribution in [1.82, 2.24) is 0 Å². The van der Waals surface area contributed by atoms with Crippen LogP contribution in [0.5, 0.6) is 0 Å². The molecule has 0 radical (unpaired) electrons. The van der Waals surface area contributed by atoms with Crippen molar-refractivity contribution < 1.29 is 29.3 Å². The molecule has 0 unspecified atom stereocenters. The summed E-state index contributed by atoms with van der Waals surface area (Å²) in [4.78, 5) is 22.0. The van der Waals surface area contributed by atoms with Crippen LogP contribution in [0.3, 0.4) is 0 Å². The lowest BCUT2D eigenvalue weighted by Crippen LogP contribution is -2.42. The Hall–Kier alpha value is -1.14. The number of carbonyl (C=O) groups is 2. The summed E-state index contributed by atoms with van der Waals surface area (Å²) in [5, 5.41) is 18.6. The number of esters is 1. The normalized spacial score (nSPS) is 14.2. The molecule has 0 heterocycles. The van der Waals surface area contributed by atoms with Crippen LogP contribution in [0.2, 0.25) is 0 Å². The van der Waals surface area contributed by atoms with E-state index in [4.69, 9.17) is 9.84 Å². The van der Waals surface area contributed by atoms with E-state index in [1.165, 1.54) is 0 Å². The van der Waals surface area contributed by atoms with Crippen molar-refractivity contribution >= 4 is 11.9 Å². The summed E-state index contributed by atoms with van der Waals surface area (Å²) in [5.74, 6) is -2.18. The highest BCUT2D eigenvalue weighted by molar-refractivity contribution is 5.84. The zero-order chi connectivity index (χ0) is 12.6. The molecule has 0 saturated heterocycles. The maximum Gasteiger partial charge on any atom is 0.336 e. The average molecular weight is 234 g/mol. The molecule has 0 amide bonds. The summed E-state index contributed by atoms with van der Waals surface area (Å²) in [6.07, 6.45) is -0.710. The van der Waals surface area contributed by atoms with Crippen molar-refractivity contribution in [3.63, 3.8) is 0 Å². The Morgan fingerprint density at radius 1 is 1.25 bits per heavy atom. The number of aliphatic carboxylic acids is 1. The molecule has 0 spiro atoms. The van der Waals surface area contributed by atoms with Crippen molar-refractivity contribution in [3.05, 3.63) is 0 Å². The minimum Gasteiger partial charge on any atom is -0.479 e. The molecule has 0 aromatic rings. The molecule has 0 aliphatic carbocycles. The van der Waals surface area contributed by atoms with Crippen LogP contribution in [0.1, 0.15) is 26.7 Å². The van der Waals surface area contributed by atoms with Gasteiger partial charge in [-0.15, -0.1) is 0 Å². The van der Waals surface area contributed by atoms with Crippen molar-refractivity contribution in [1.29, 1.82) is 0 Å². The minimum atomic E-state index is -2.11. The molecule has 0 fully saturated rings. The second-order valence-electron chi connectivity index (χ2n) is 3.27. The number of carboxylic acids is 1. The van der Waals surface area contributed by atoms with Crippen molar-refractivity contribution in [3.8, 4) is 0 Å². The fourth-order valence-corrected chi connectivity index (χ4v) is 1.11. The number of ether oxygens (including phenoxy) is 2. The van der Waals surface area contributed by atoms with Crippen LogP contribution in [0.4, 0.5) is 0 Å². The van der Waals surface area contributed by atoms with E-state index in [1.807, 2.05) is 0 Å². The largest absolute Gasteiger partial charge is 0.479 e. The number of hydrogen-bond acceptors (Lipinski definition) is 5. The van der Waals surface area contributed by atoms with Gasteiger partial charge in [-0.2, -0.15) is 0 Å². The highest BCUT2D eigenvalue weighted by atomic mass is 16.5. The van der Waals surface area contributed by atoms with E-state index in [1.54, 1.807) is 13.8 Å². The Kier molecular flexibility index (Phi) is 6.67. The first-order valence-corrected chi connectivity index (χ1v) is 5.15. The van der Waals surface area contributed by atoms with Gasteiger partial charge in [0.05, 0.1) is 13.0 Å². The molecule has 0 aromatic carbocycles. The molecule has 6 heteroatoms. The van der Waals surface area contributed by atoms with Crippen LogP contribution < -0.4 is 0 Å². The van der Waals surface area contributed by atoms with Crippen molar-refractivity contribution in [2.45, 2.75) is 32.3 Å². The third kappa shape index (κ3) is 5.09. The average Bonchev–Trinajstić information content (AvgIpc) is 2.18. The molecular weight excluding hydrogens is 216 g/mol. The maximum absolute atomic E-state index is 11.1. The molecular formula is C10H18O6. The van der Waals surface area contributed by atoms with Gasteiger partial charge in [-0.1, -0.05) is 0 Å². The lowest BCUT2D eigenvalue weighted by atomic mass is 9.96. The third-order valence-corrected chi connectivity index (χ3v) is 2.00. The smallest absolute Gasteiger partial charge is 0.336 e. The number of carbonyl (C=O) groups excluding carboxylic acids is 1. The number of rotatable bonds is 8. The zero-order valence-electron chi connectivity index (χ0n) is 9.56. The summed E-state index contributed by atoms with van der Waals surface area (Å²) in [7, 11) is 0. The molecule has 0 rings (SSSR count). The molecule has 0 saturated carbocycles. The fraction of sp³-hybridized carbons (Fsp3) is 0.800. The van der Waals surface area contributed by atoms with E-state index in [0.29, 0.717) is 6.61 Å². The Bertz CT molecular complexity index is 239. The lowest BCUT2D eigenvalue weighted by Gasteiger charge is -2.21. The van der Waals surface area contributed by atoms with E-state index in [-0.39, 0.29) is 19.6 Å². The van der Waals surface area contributed by atoms with Crippen LogP contribution >= 0.6 is 0 Å². The van der Waals surface area contributed by atoms with E-state index < -0.39 is 24.0 Å². The molecule has 0 aliphatic heterocycles. The Morgan fingerprint density at radius 2 is 1.88 bits per heavy atom. The summed E-state index contributed by atoms with van der Waals surface area (Å²) in [6, 6.07) is 0. The molecule has 94 valence electrons. The Morgan fingerprint density at radius 3 is 2.31 bits per heavy atom. The number of hydrogen-bond donors (Lipinski definition) is 2. The van der Waals surface area contributed by atoms with Gasteiger partial charge < -0.3 is 19.7 Å². The first-order valence-electron chi connectivity index (χ1n) is 5.15. The molecule has 0 bridgehead atoms. The number of carboxylic acid groups (broad SMARTS) is 1. The maximum atomic E-state index is 11.1. The van der Waals surface area contributed by atoms with Gasteiger partial charge in [0.1, 0.15) is 0 Å². The Balaban J connectivity index is 4.32. The second-order valence-corrected chi connectivity index (χ2v) is 3.27. The standard InChI is InChI=1S/C10H18O6/c1-3-15-6-5-10(14,9(12)13)7-8(11)16-4-2/h14H,3-7H2,1-2H3,(H,12,13)/t10-/m0/s1. The molecule has 1 atom stereocenters. The molecule has 2 N–H and O–H groups in total. The molecule has 6 nitrogen and oxygen atoms in total.